The molecule has 0 saturated carbocycles. The molecule has 222 valence electrons. The van der Waals surface area contributed by atoms with Gasteiger partial charge in [-0.3, -0.25) is 4.57 Å². The Morgan fingerprint density at radius 3 is 2.15 bits per heavy atom. The van der Waals surface area contributed by atoms with Crippen molar-refractivity contribution in [3.63, 3.8) is 0 Å². The first-order valence-electron chi connectivity index (χ1n) is 13.5. The van der Waals surface area contributed by atoms with Gasteiger partial charge in [-0.1, -0.05) is 56.9 Å². The largest absolute Gasteiger partial charge is 0.396 e. The number of aromatic nitrogens is 4. The lowest BCUT2D eigenvalue weighted by molar-refractivity contribution is 0.0812. The van der Waals surface area contributed by atoms with E-state index in [0.29, 0.717) is 35.3 Å². The van der Waals surface area contributed by atoms with Crippen LogP contribution < -0.4 is 5.73 Å². The number of nitrogens with zero attached hydrogens (tertiary/aromatic N) is 4. The standard InChI is InChI=1S/C28H37ClF3N5O2Si2/c1-40(2,3)13-11-38-16-36-22(29)15-34-28(36)26-19-8-7-18(23-20(30)9-10-21(33)25(23)32)24(31)27(19)37(35-26)17-39-12-14-41(4,5)6/h7-10,15H,11-14,16-17,33H2,1-6H3. The summed E-state index contributed by atoms with van der Waals surface area (Å²) in [6.45, 7) is 14.6. The van der Waals surface area contributed by atoms with E-state index in [9.17, 15) is 8.78 Å². The van der Waals surface area contributed by atoms with Crippen LogP contribution in [0.2, 0.25) is 56.5 Å². The summed E-state index contributed by atoms with van der Waals surface area (Å²) in [6, 6.07) is 6.89. The van der Waals surface area contributed by atoms with Crippen LogP contribution in [0.15, 0.2) is 30.5 Å². The number of ether oxygens (including phenoxy) is 2. The van der Waals surface area contributed by atoms with Gasteiger partial charge < -0.3 is 15.2 Å². The van der Waals surface area contributed by atoms with Gasteiger partial charge in [-0.15, -0.1) is 0 Å². The van der Waals surface area contributed by atoms with E-state index in [1.807, 2.05) is 0 Å². The van der Waals surface area contributed by atoms with Crippen LogP contribution in [-0.4, -0.2) is 48.7 Å². The van der Waals surface area contributed by atoms with E-state index in [0.717, 1.165) is 24.2 Å². The number of fused-ring (bicyclic) bond motifs is 1. The topological polar surface area (TPSA) is 80.1 Å². The summed E-state index contributed by atoms with van der Waals surface area (Å²) in [5.41, 5.74) is 4.95. The molecule has 0 unspecified atom stereocenters. The second kappa shape index (κ2) is 12.3. The van der Waals surface area contributed by atoms with Crippen LogP contribution >= 0.6 is 11.6 Å². The molecule has 0 bridgehead atoms. The van der Waals surface area contributed by atoms with Crippen molar-refractivity contribution < 1.29 is 22.6 Å². The zero-order valence-electron chi connectivity index (χ0n) is 24.3. The van der Waals surface area contributed by atoms with Crippen LogP contribution in [0.1, 0.15) is 0 Å². The Morgan fingerprint density at radius 1 is 0.878 bits per heavy atom. The minimum atomic E-state index is -1.37. The van der Waals surface area contributed by atoms with Gasteiger partial charge in [0, 0.05) is 40.3 Å². The molecule has 0 atom stereocenters. The maximum Gasteiger partial charge on any atom is 0.164 e. The summed E-state index contributed by atoms with van der Waals surface area (Å²) >= 11 is 6.46. The smallest absolute Gasteiger partial charge is 0.164 e. The molecule has 13 heteroatoms. The van der Waals surface area contributed by atoms with E-state index >= 15 is 4.39 Å². The molecule has 0 amide bonds. The van der Waals surface area contributed by atoms with E-state index in [1.54, 1.807) is 10.6 Å². The van der Waals surface area contributed by atoms with Crippen molar-refractivity contribution in [2.45, 2.75) is 64.8 Å². The molecule has 0 aliphatic rings. The number of imidazole rings is 1. The molecule has 7 nitrogen and oxygen atoms in total. The second-order valence-electron chi connectivity index (χ2n) is 12.5. The van der Waals surface area contributed by atoms with Gasteiger partial charge in [-0.05, 0) is 30.3 Å². The van der Waals surface area contributed by atoms with Gasteiger partial charge in [-0.2, -0.15) is 5.10 Å². The molecular formula is C28H37ClF3N5O2Si2. The van der Waals surface area contributed by atoms with Crippen LogP contribution in [-0.2, 0) is 22.9 Å². The fourth-order valence-electron chi connectivity index (χ4n) is 4.23. The third kappa shape index (κ3) is 7.23. The molecule has 4 aromatic rings. The maximum absolute atomic E-state index is 16.2. The summed E-state index contributed by atoms with van der Waals surface area (Å²) < 4.78 is 60.7. The average Bonchev–Trinajstić information content (AvgIpc) is 3.42. The number of hydrogen-bond acceptors (Lipinski definition) is 5. The van der Waals surface area contributed by atoms with Crippen molar-refractivity contribution in [3.05, 3.63) is 53.1 Å². The van der Waals surface area contributed by atoms with Gasteiger partial charge in [0.25, 0.3) is 0 Å². The molecule has 2 heterocycles. The van der Waals surface area contributed by atoms with E-state index in [-0.39, 0.29) is 30.2 Å². The quantitative estimate of drug-likeness (QED) is 0.0988. The number of rotatable bonds is 12. The van der Waals surface area contributed by atoms with Crippen LogP contribution in [0.5, 0.6) is 0 Å². The molecule has 41 heavy (non-hydrogen) atoms. The van der Waals surface area contributed by atoms with E-state index in [1.165, 1.54) is 16.9 Å². The monoisotopic (exact) mass is 623 g/mol. The molecule has 2 aromatic carbocycles. The normalized spacial score (nSPS) is 12.5. The fourth-order valence-corrected chi connectivity index (χ4v) is 5.92. The third-order valence-corrected chi connectivity index (χ3v) is 10.4. The molecule has 0 saturated heterocycles. The first-order valence-corrected chi connectivity index (χ1v) is 21.3. The van der Waals surface area contributed by atoms with Crippen molar-refractivity contribution in [1.82, 2.24) is 19.3 Å². The molecule has 0 spiro atoms. The SMILES string of the molecule is C[Si](C)(C)CCOCn1c(Cl)cnc1-c1nn(COCC[Si](C)(C)C)c2c(F)c(-c3c(F)ccc(N)c3F)ccc12. The molecular weight excluding hydrogens is 587 g/mol. The van der Waals surface area contributed by atoms with Crippen LogP contribution in [0, 0.1) is 17.5 Å². The summed E-state index contributed by atoms with van der Waals surface area (Å²) in [5.74, 6) is -2.43. The van der Waals surface area contributed by atoms with Crippen molar-refractivity contribution in [1.29, 1.82) is 0 Å². The Balaban J connectivity index is 1.79. The number of hydrogen-bond donors (Lipinski definition) is 1. The predicted molar refractivity (Wildman–Crippen MR) is 164 cm³/mol. The van der Waals surface area contributed by atoms with Gasteiger partial charge in [0.1, 0.15) is 35.6 Å². The summed E-state index contributed by atoms with van der Waals surface area (Å²) in [4.78, 5) is 4.45. The first kappa shape index (κ1) is 31.3. The molecule has 0 aliphatic carbocycles. The van der Waals surface area contributed by atoms with Crippen LogP contribution in [0.4, 0.5) is 18.9 Å². The number of benzene rings is 2. The number of halogens is 4. The Kier molecular flexibility index (Phi) is 9.39. The average molecular weight is 624 g/mol. The van der Waals surface area contributed by atoms with E-state index < -0.39 is 39.2 Å². The number of nitrogens with two attached hydrogens (primary N) is 1. The Labute approximate surface area is 245 Å². The number of nitrogen functional groups attached to an aromatic ring is 1. The predicted octanol–water partition coefficient (Wildman–Crippen LogP) is 7.84. The van der Waals surface area contributed by atoms with Crippen LogP contribution in [0.25, 0.3) is 33.5 Å². The maximum atomic E-state index is 16.2. The van der Waals surface area contributed by atoms with Crippen LogP contribution in [0.3, 0.4) is 0 Å². The van der Waals surface area contributed by atoms with Gasteiger partial charge in [0.2, 0.25) is 0 Å². The lowest BCUT2D eigenvalue weighted by Crippen LogP contribution is -2.22. The zero-order chi connectivity index (χ0) is 30.1. The lowest BCUT2D eigenvalue weighted by atomic mass is 10.0. The lowest BCUT2D eigenvalue weighted by Gasteiger charge is -2.16. The fraction of sp³-hybridized carbons (Fsp3) is 0.429. The van der Waals surface area contributed by atoms with Gasteiger partial charge in [0.15, 0.2) is 17.5 Å². The van der Waals surface area contributed by atoms with Crippen molar-refractivity contribution in [2.75, 3.05) is 18.9 Å². The molecule has 0 fully saturated rings. The van der Waals surface area contributed by atoms with Gasteiger partial charge >= 0.3 is 0 Å². The highest BCUT2D eigenvalue weighted by atomic mass is 35.5. The minimum absolute atomic E-state index is 0.0250. The van der Waals surface area contributed by atoms with E-state index in [2.05, 4.69) is 49.4 Å². The molecule has 2 aromatic heterocycles. The molecule has 0 aliphatic heterocycles. The number of anilines is 1. The Hall–Kier alpha value is -2.65. The van der Waals surface area contributed by atoms with Gasteiger partial charge in [-0.25, -0.2) is 22.8 Å². The highest BCUT2D eigenvalue weighted by Gasteiger charge is 2.26. The summed E-state index contributed by atoms with van der Waals surface area (Å²) in [5, 5.41) is 5.37. The van der Waals surface area contributed by atoms with Crippen molar-refractivity contribution in [3.8, 4) is 22.6 Å². The minimum Gasteiger partial charge on any atom is -0.396 e. The molecule has 0 radical (unpaired) electrons. The molecule has 2 N–H and O–H groups in total. The van der Waals surface area contributed by atoms with Crippen molar-refractivity contribution in [2.24, 2.45) is 0 Å². The van der Waals surface area contributed by atoms with Gasteiger partial charge in [0.05, 0.1) is 17.4 Å². The Bertz CT molecular complexity index is 1550. The summed E-state index contributed by atoms with van der Waals surface area (Å²) in [6.07, 6.45) is 1.48. The zero-order valence-corrected chi connectivity index (χ0v) is 27.1. The van der Waals surface area contributed by atoms with Crippen molar-refractivity contribution >= 4 is 44.3 Å². The van der Waals surface area contributed by atoms with E-state index in [4.69, 9.17) is 26.8 Å². The molecule has 4 rings (SSSR count). The highest BCUT2D eigenvalue weighted by Crippen LogP contribution is 2.37. The Morgan fingerprint density at radius 2 is 1.51 bits per heavy atom. The third-order valence-electron chi connectivity index (χ3n) is 6.69. The summed E-state index contributed by atoms with van der Waals surface area (Å²) in [7, 11) is -2.67. The highest BCUT2D eigenvalue weighted by molar-refractivity contribution is 6.76. The second-order valence-corrected chi connectivity index (χ2v) is 24.2. The first-order chi connectivity index (χ1) is 19.2.